The number of amides is 3. The van der Waals surface area contributed by atoms with E-state index in [1.165, 1.54) is 11.1 Å². The number of methoxy groups -OCH3 is 1. The van der Waals surface area contributed by atoms with Crippen LogP contribution in [0.3, 0.4) is 0 Å². The number of para-hydroxylation sites is 2. The molecule has 7 heteroatoms. The molecule has 5 rings (SSSR count). The smallest absolute Gasteiger partial charge is 0.323 e. The molecular formula is C28H30N4O3. The van der Waals surface area contributed by atoms with Crippen LogP contribution in [0, 0.1) is 0 Å². The molecule has 35 heavy (non-hydrogen) atoms. The number of carbonyl (C=O) groups is 2. The molecule has 0 radical (unpaired) electrons. The minimum absolute atomic E-state index is 0.0187. The van der Waals surface area contributed by atoms with Crippen LogP contribution in [0.1, 0.15) is 34.3 Å². The Bertz CT molecular complexity index is 1240. The van der Waals surface area contributed by atoms with Crippen molar-refractivity contribution < 1.29 is 14.3 Å². The number of rotatable bonds is 5. The number of benzene rings is 3. The van der Waals surface area contributed by atoms with E-state index in [1.807, 2.05) is 29.2 Å². The second kappa shape index (κ2) is 10.1. The summed E-state index contributed by atoms with van der Waals surface area (Å²) >= 11 is 0. The number of fused-ring (bicyclic) bond motifs is 1. The molecule has 1 fully saturated rings. The maximum Gasteiger partial charge on any atom is 0.323 e. The number of nitrogens with one attached hydrogen (secondary N) is 2. The monoisotopic (exact) mass is 470 g/mol. The van der Waals surface area contributed by atoms with E-state index >= 15 is 0 Å². The van der Waals surface area contributed by atoms with Gasteiger partial charge in [0.15, 0.2) is 0 Å². The van der Waals surface area contributed by atoms with Crippen molar-refractivity contribution in [2.45, 2.75) is 25.8 Å². The van der Waals surface area contributed by atoms with Gasteiger partial charge in [-0.3, -0.25) is 4.79 Å². The maximum atomic E-state index is 13.5. The summed E-state index contributed by atoms with van der Waals surface area (Å²) in [6.07, 6.45) is 2.99. The molecule has 0 saturated carbocycles. The zero-order valence-electron chi connectivity index (χ0n) is 19.9. The van der Waals surface area contributed by atoms with E-state index in [2.05, 4.69) is 39.8 Å². The highest BCUT2D eigenvalue weighted by molar-refractivity contribution is 6.04. The largest absolute Gasteiger partial charge is 0.495 e. The number of likely N-dealkylation sites (tertiary alicyclic amines) is 1. The molecule has 2 N–H and O–H groups in total. The highest BCUT2D eigenvalue weighted by Crippen LogP contribution is 2.31. The molecule has 0 bridgehead atoms. The average Bonchev–Trinajstić information content (AvgIpc) is 3.43. The Morgan fingerprint density at radius 2 is 1.60 bits per heavy atom. The van der Waals surface area contributed by atoms with Crippen LogP contribution in [0.5, 0.6) is 5.75 Å². The molecule has 0 unspecified atom stereocenters. The Balaban J connectivity index is 1.40. The Hall–Kier alpha value is -4.00. The first-order valence-corrected chi connectivity index (χ1v) is 12.1. The summed E-state index contributed by atoms with van der Waals surface area (Å²) in [4.78, 5) is 30.4. The molecule has 7 nitrogen and oxygen atoms in total. The van der Waals surface area contributed by atoms with Gasteiger partial charge < -0.3 is 25.2 Å². The van der Waals surface area contributed by atoms with Crippen LogP contribution in [-0.4, -0.2) is 43.6 Å². The predicted octanol–water partition coefficient (Wildman–Crippen LogP) is 5.14. The Kier molecular flexibility index (Phi) is 6.57. The third-order valence-corrected chi connectivity index (χ3v) is 6.70. The van der Waals surface area contributed by atoms with Gasteiger partial charge >= 0.3 is 6.03 Å². The van der Waals surface area contributed by atoms with Gasteiger partial charge in [0.1, 0.15) is 5.75 Å². The summed E-state index contributed by atoms with van der Waals surface area (Å²) in [6, 6.07) is 20.9. The first-order chi connectivity index (χ1) is 17.1. The predicted molar refractivity (Wildman–Crippen MR) is 138 cm³/mol. The molecule has 0 aliphatic carbocycles. The number of hydrogen-bond acceptors (Lipinski definition) is 4. The van der Waals surface area contributed by atoms with Gasteiger partial charge in [-0.1, -0.05) is 36.4 Å². The van der Waals surface area contributed by atoms with E-state index in [0.717, 1.165) is 51.1 Å². The maximum absolute atomic E-state index is 13.5. The van der Waals surface area contributed by atoms with Gasteiger partial charge in [0, 0.05) is 37.6 Å². The van der Waals surface area contributed by atoms with Crippen molar-refractivity contribution in [1.82, 2.24) is 4.90 Å². The van der Waals surface area contributed by atoms with E-state index in [0.29, 0.717) is 22.7 Å². The zero-order valence-corrected chi connectivity index (χ0v) is 19.9. The summed E-state index contributed by atoms with van der Waals surface area (Å²) < 4.78 is 5.31. The normalized spacial score (nSPS) is 14.9. The number of carbonyl (C=O) groups excluding carboxylic acids is 2. The van der Waals surface area contributed by atoms with Crippen molar-refractivity contribution in [2.24, 2.45) is 0 Å². The summed E-state index contributed by atoms with van der Waals surface area (Å²) in [7, 11) is 1.56. The molecule has 1 saturated heterocycles. The number of urea groups is 1. The van der Waals surface area contributed by atoms with Crippen molar-refractivity contribution in [1.29, 1.82) is 0 Å². The highest BCUT2D eigenvalue weighted by Gasteiger charge is 2.26. The lowest BCUT2D eigenvalue weighted by molar-refractivity contribution is 0.0793. The highest BCUT2D eigenvalue weighted by atomic mass is 16.5. The summed E-state index contributed by atoms with van der Waals surface area (Å²) in [6.45, 7) is 3.15. The van der Waals surface area contributed by atoms with Crippen LogP contribution >= 0.6 is 0 Å². The fourth-order valence-corrected chi connectivity index (χ4v) is 4.89. The second-order valence-electron chi connectivity index (χ2n) is 8.95. The topological polar surface area (TPSA) is 73.9 Å². The van der Waals surface area contributed by atoms with E-state index in [9.17, 15) is 9.59 Å². The zero-order chi connectivity index (χ0) is 24.2. The van der Waals surface area contributed by atoms with E-state index in [1.54, 1.807) is 25.3 Å². The summed E-state index contributed by atoms with van der Waals surface area (Å²) in [5.41, 5.74) is 5.33. The van der Waals surface area contributed by atoms with Crippen LogP contribution in [0.15, 0.2) is 66.7 Å². The van der Waals surface area contributed by atoms with E-state index in [4.69, 9.17) is 4.74 Å². The van der Waals surface area contributed by atoms with E-state index in [-0.39, 0.29) is 5.91 Å². The molecule has 0 aromatic heterocycles. The fourth-order valence-electron chi connectivity index (χ4n) is 4.89. The molecule has 2 aliphatic heterocycles. The molecule has 3 aromatic rings. The van der Waals surface area contributed by atoms with Crippen molar-refractivity contribution in [2.75, 3.05) is 42.3 Å². The minimum atomic E-state index is -0.395. The van der Waals surface area contributed by atoms with Crippen LogP contribution in [0.25, 0.3) is 0 Å². The molecular weight excluding hydrogens is 440 g/mol. The van der Waals surface area contributed by atoms with Gasteiger partial charge in [0.05, 0.1) is 18.4 Å². The molecule has 0 spiro atoms. The van der Waals surface area contributed by atoms with Crippen LogP contribution in [0.2, 0.25) is 0 Å². The summed E-state index contributed by atoms with van der Waals surface area (Å²) in [5.74, 6) is 0.596. The first kappa shape index (κ1) is 22.8. The number of hydrogen-bond donors (Lipinski definition) is 2. The van der Waals surface area contributed by atoms with Crippen LogP contribution in [-0.2, 0) is 13.0 Å². The number of nitrogens with zero attached hydrogens (tertiary/aromatic N) is 2. The van der Waals surface area contributed by atoms with Gasteiger partial charge in [-0.15, -0.1) is 0 Å². The first-order valence-electron chi connectivity index (χ1n) is 12.1. The van der Waals surface area contributed by atoms with Crippen molar-refractivity contribution in [3.8, 4) is 5.75 Å². The molecule has 0 atom stereocenters. The third kappa shape index (κ3) is 4.94. The van der Waals surface area contributed by atoms with Gasteiger partial charge in [-0.05, 0) is 60.7 Å². The molecule has 3 aromatic carbocycles. The van der Waals surface area contributed by atoms with E-state index < -0.39 is 6.03 Å². The lowest BCUT2D eigenvalue weighted by atomic mass is 9.98. The van der Waals surface area contributed by atoms with Gasteiger partial charge in [0.25, 0.3) is 5.91 Å². The van der Waals surface area contributed by atoms with Gasteiger partial charge in [0.2, 0.25) is 0 Å². The third-order valence-electron chi connectivity index (χ3n) is 6.70. The van der Waals surface area contributed by atoms with Crippen LogP contribution < -0.4 is 20.3 Å². The summed E-state index contributed by atoms with van der Waals surface area (Å²) in [5, 5.41) is 5.70. The Morgan fingerprint density at radius 1 is 0.857 bits per heavy atom. The fraction of sp³-hybridized carbons (Fsp3) is 0.286. The van der Waals surface area contributed by atoms with Gasteiger partial charge in [-0.2, -0.15) is 0 Å². The SMILES string of the molecule is COc1ccccc1NC(=O)Nc1ccc(N2CCc3ccccc3C2)c(C(=O)N2CCCC2)c1. The minimum Gasteiger partial charge on any atom is -0.495 e. The van der Waals surface area contributed by atoms with Crippen molar-refractivity contribution >= 4 is 29.0 Å². The molecule has 180 valence electrons. The molecule has 3 amide bonds. The van der Waals surface area contributed by atoms with Crippen molar-refractivity contribution in [3.05, 3.63) is 83.4 Å². The Morgan fingerprint density at radius 3 is 2.40 bits per heavy atom. The van der Waals surface area contributed by atoms with Gasteiger partial charge in [-0.25, -0.2) is 4.79 Å². The Labute approximate surface area is 205 Å². The van der Waals surface area contributed by atoms with Crippen molar-refractivity contribution in [3.63, 3.8) is 0 Å². The lowest BCUT2D eigenvalue weighted by Gasteiger charge is -2.33. The number of ether oxygens (including phenoxy) is 1. The quantitative estimate of drug-likeness (QED) is 0.542. The number of anilines is 3. The second-order valence-corrected chi connectivity index (χ2v) is 8.95. The average molecular weight is 471 g/mol. The lowest BCUT2D eigenvalue weighted by Crippen LogP contribution is -2.34. The molecule has 2 heterocycles. The van der Waals surface area contributed by atoms with Crippen LogP contribution in [0.4, 0.5) is 21.9 Å². The standard InChI is InChI=1S/C28H30N4O3/c1-35-26-11-5-4-10-24(26)30-28(34)29-22-12-13-25(23(18-22)27(33)31-15-6-7-16-31)32-17-14-20-8-2-3-9-21(20)19-32/h2-5,8-13,18H,6-7,14-17,19H2,1H3,(H2,29,30,34). The molecule has 2 aliphatic rings.